The van der Waals surface area contributed by atoms with Crippen molar-refractivity contribution in [2.75, 3.05) is 0 Å². The second-order valence-corrected chi connectivity index (χ2v) is 6.65. The Balaban J connectivity index is 1.77. The third kappa shape index (κ3) is 2.82. The summed E-state index contributed by atoms with van der Waals surface area (Å²) in [7, 11) is 0. The molecule has 2 heteroatoms. The summed E-state index contributed by atoms with van der Waals surface area (Å²) in [5, 5.41) is 3.78. The average molecular weight is 330 g/mol. The number of hydrogen-bond acceptors (Lipinski definition) is 1. The van der Waals surface area contributed by atoms with Crippen LogP contribution in [0.3, 0.4) is 0 Å². The van der Waals surface area contributed by atoms with Gasteiger partial charge in [-0.3, -0.25) is 0 Å². The highest BCUT2D eigenvalue weighted by Crippen LogP contribution is 2.34. The zero-order valence-electron chi connectivity index (χ0n) is 12.0. The quantitative estimate of drug-likeness (QED) is 0.826. The molecule has 20 heavy (non-hydrogen) atoms. The molecule has 3 rings (SSSR count). The Morgan fingerprint density at radius 1 is 1.20 bits per heavy atom. The fourth-order valence-corrected chi connectivity index (χ4v) is 3.51. The molecule has 0 heterocycles. The van der Waals surface area contributed by atoms with E-state index in [1.807, 2.05) is 0 Å². The normalized spacial score (nSPS) is 18.9. The van der Waals surface area contributed by atoms with Crippen LogP contribution in [-0.4, -0.2) is 0 Å². The average Bonchev–Trinajstić information content (AvgIpc) is 2.81. The summed E-state index contributed by atoms with van der Waals surface area (Å²) in [6.07, 6.45) is 2.37. The molecule has 0 saturated heterocycles. The van der Waals surface area contributed by atoms with Crippen LogP contribution in [0.1, 0.15) is 47.7 Å². The Labute approximate surface area is 129 Å². The van der Waals surface area contributed by atoms with Crippen molar-refractivity contribution in [1.82, 2.24) is 5.32 Å². The fourth-order valence-electron chi connectivity index (χ4n) is 3.10. The molecule has 0 spiro atoms. The second-order valence-electron chi connectivity index (χ2n) is 5.74. The van der Waals surface area contributed by atoms with Crippen LogP contribution in [0.25, 0.3) is 0 Å². The maximum Gasteiger partial charge on any atom is 0.0331 e. The van der Waals surface area contributed by atoms with E-state index in [9.17, 15) is 0 Å². The largest absolute Gasteiger partial charge is 0.303 e. The van der Waals surface area contributed by atoms with Crippen LogP contribution >= 0.6 is 15.9 Å². The molecule has 104 valence electrons. The predicted octanol–water partition coefficient (Wildman–Crippen LogP) is 5.10. The highest BCUT2D eigenvalue weighted by Gasteiger charge is 2.23. The number of fused-ring (bicyclic) bond motifs is 1. The summed E-state index contributed by atoms with van der Waals surface area (Å²) in [5.74, 6) is 0. The van der Waals surface area contributed by atoms with Crippen molar-refractivity contribution >= 4 is 15.9 Å². The minimum Gasteiger partial charge on any atom is -0.303 e. The van der Waals surface area contributed by atoms with Crippen molar-refractivity contribution in [2.45, 2.75) is 38.8 Å². The standard InChI is InChI=1S/C18H20BrN/c1-12-4-3-5-14(10-12)13(2)20-18-9-6-15-11-16(19)7-8-17(15)18/h3-5,7-8,10-11,13,18,20H,6,9H2,1-2H3/t13-,18?/m0/s1. The topological polar surface area (TPSA) is 12.0 Å². The number of aryl methyl sites for hydroxylation is 2. The van der Waals surface area contributed by atoms with E-state index in [-0.39, 0.29) is 0 Å². The molecule has 2 aromatic rings. The van der Waals surface area contributed by atoms with Crippen molar-refractivity contribution in [1.29, 1.82) is 0 Å². The van der Waals surface area contributed by atoms with Crippen molar-refractivity contribution in [3.8, 4) is 0 Å². The summed E-state index contributed by atoms with van der Waals surface area (Å²) >= 11 is 3.56. The molecule has 0 bridgehead atoms. The van der Waals surface area contributed by atoms with Gasteiger partial charge in [-0.2, -0.15) is 0 Å². The van der Waals surface area contributed by atoms with E-state index in [2.05, 4.69) is 77.6 Å². The summed E-state index contributed by atoms with van der Waals surface area (Å²) in [5.41, 5.74) is 5.64. The zero-order chi connectivity index (χ0) is 14.1. The fraction of sp³-hybridized carbons (Fsp3) is 0.333. The molecule has 1 aliphatic carbocycles. The predicted molar refractivity (Wildman–Crippen MR) is 87.9 cm³/mol. The molecule has 0 saturated carbocycles. The van der Waals surface area contributed by atoms with E-state index in [4.69, 9.17) is 0 Å². The number of nitrogens with one attached hydrogen (secondary N) is 1. The van der Waals surface area contributed by atoms with Gasteiger partial charge in [-0.05, 0) is 55.5 Å². The highest BCUT2D eigenvalue weighted by atomic mass is 79.9. The molecule has 0 radical (unpaired) electrons. The smallest absolute Gasteiger partial charge is 0.0331 e. The lowest BCUT2D eigenvalue weighted by Crippen LogP contribution is -2.23. The monoisotopic (exact) mass is 329 g/mol. The van der Waals surface area contributed by atoms with Crippen molar-refractivity contribution in [3.05, 3.63) is 69.2 Å². The molecule has 1 unspecified atom stereocenters. The lowest BCUT2D eigenvalue weighted by Gasteiger charge is -2.21. The molecular weight excluding hydrogens is 310 g/mol. The summed E-state index contributed by atoms with van der Waals surface area (Å²) in [6.45, 7) is 4.41. The van der Waals surface area contributed by atoms with Gasteiger partial charge in [0.25, 0.3) is 0 Å². The number of hydrogen-bond donors (Lipinski definition) is 1. The molecular formula is C18H20BrN. The molecule has 2 atom stereocenters. The zero-order valence-corrected chi connectivity index (χ0v) is 13.6. The van der Waals surface area contributed by atoms with Crippen LogP contribution in [0.5, 0.6) is 0 Å². The second kappa shape index (κ2) is 5.71. The van der Waals surface area contributed by atoms with E-state index >= 15 is 0 Å². The van der Waals surface area contributed by atoms with Gasteiger partial charge in [0.15, 0.2) is 0 Å². The van der Waals surface area contributed by atoms with E-state index in [1.54, 1.807) is 0 Å². The van der Waals surface area contributed by atoms with Gasteiger partial charge < -0.3 is 5.32 Å². The van der Waals surface area contributed by atoms with Crippen molar-refractivity contribution in [3.63, 3.8) is 0 Å². The van der Waals surface area contributed by atoms with Crippen molar-refractivity contribution in [2.24, 2.45) is 0 Å². The SMILES string of the molecule is Cc1cccc([C@H](C)NC2CCc3cc(Br)ccc32)c1. The molecule has 0 aromatic heterocycles. The van der Waals surface area contributed by atoms with Crippen LogP contribution in [0.2, 0.25) is 0 Å². The van der Waals surface area contributed by atoms with Gasteiger partial charge in [-0.15, -0.1) is 0 Å². The minimum absolute atomic E-state index is 0.384. The first-order chi connectivity index (χ1) is 9.63. The van der Waals surface area contributed by atoms with Crippen LogP contribution in [0.15, 0.2) is 46.9 Å². The summed E-state index contributed by atoms with van der Waals surface area (Å²) < 4.78 is 1.18. The lowest BCUT2D eigenvalue weighted by molar-refractivity contribution is 0.465. The maximum absolute atomic E-state index is 3.78. The van der Waals surface area contributed by atoms with E-state index in [0.29, 0.717) is 12.1 Å². The van der Waals surface area contributed by atoms with Crippen LogP contribution in [0.4, 0.5) is 0 Å². The van der Waals surface area contributed by atoms with Crippen molar-refractivity contribution < 1.29 is 0 Å². The molecule has 0 fully saturated rings. The molecule has 0 amide bonds. The Morgan fingerprint density at radius 3 is 2.85 bits per heavy atom. The first-order valence-corrected chi connectivity index (χ1v) is 8.04. The molecule has 1 nitrogen and oxygen atoms in total. The first kappa shape index (κ1) is 13.8. The van der Waals surface area contributed by atoms with E-state index in [0.717, 1.165) is 0 Å². The van der Waals surface area contributed by atoms with Gasteiger partial charge >= 0.3 is 0 Å². The van der Waals surface area contributed by atoms with Crippen LogP contribution in [0, 0.1) is 6.92 Å². The lowest BCUT2D eigenvalue weighted by atomic mass is 10.0. The van der Waals surface area contributed by atoms with E-state index < -0.39 is 0 Å². The number of halogens is 1. The van der Waals surface area contributed by atoms with Gasteiger partial charge in [0.2, 0.25) is 0 Å². The number of benzene rings is 2. The van der Waals surface area contributed by atoms with Crippen LogP contribution < -0.4 is 5.32 Å². The number of rotatable bonds is 3. The molecule has 1 N–H and O–H groups in total. The Kier molecular flexibility index (Phi) is 3.95. The molecule has 2 aromatic carbocycles. The first-order valence-electron chi connectivity index (χ1n) is 7.24. The highest BCUT2D eigenvalue weighted by molar-refractivity contribution is 9.10. The summed E-state index contributed by atoms with van der Waals surface area (Å²) in [4.78, 5) is 0. The summed E-state index contributed by atoms with van der Waals surface area (Å²) in [6, 6.07) is 16.3. The van der Waals surface area contributed by atoms with E-state index in [1.165, 1.54) is 39.6 Å². The molecule has 0 aliphatic heterocycles. The Morgan fingerprint density at radius 2 is 2.05 bits per heavy atom. The van der Waals surface area contributed by atoms with Gasteiger partial charge in [-0.1, -0.05) is 51.8 Å². The Hall–Kier alpha value is -1.12. The van der Waals surface area contributed by atoms with Crippen LogP contribution in [-0.2, 0) is 6.42 Å². The van der Waals surface area contributed by atoms with Gasteiger partial charge in [-0.25, -0.2) is 0 Å². The van der Waals surface area contributed by atoms with Gasteiger partial charge in [0.1, 0.15) is 0 Å². The van der Waals surface area contributed by atoms with Gasteiger partial charge in [0, 0.05) is 16.6 Å². The maximum atomic E-state index is 3.78. The minimum atomic E-state index is 0.384. The Bertz CT molecular complexity index is 621. The molecule has 1 aliphatic rings. The third-order valence-electron chi connectivity index (χ3n) is 4.18. The van der Waals surface area contributed by atoms with Gasteiger partial charge in [0.05, 0.1) is 0 Å². The third-order valence-corrected chi connectivity index (χ3v) is 4.67.